The Bertz CT molecular complexity index is 1050. The van der Waals surface area contributed by atoms with Crippen LogP contribution in [0.5, 0.6) is 11.5 Å². The van der Waals surface area contributed by atoms with Gasteiger partial charge in [-0.1, -0.05) is 0 Å². The van der Waals surface area contributed by atoms with Gasteiger partial charge in [-0.2, -0.15) is 0 Å². The summed E-state index contributed by atoms with van der Waals surface area (Å²) in [7, 11) is -5.16. The number of nitro groups is 2. The van der Waals surface area contributed by atoms with Gasteiger partial charge in [-0.3, -0.25) is 0 Å². The van der Waals surface area contributed by atoms with Crippen LogP contribution in [0.15, 0.2) is 24.3 Å². The number of aryl methyl sites for hydroxylation is 2. The van der Waals surface area contributed by atoms with E-state index in [-0.39, 0.29) is 11.1 Å². The number of hydrogen-bond donors (Lipinski definition) is 1. The van der Waals surface area contributed by atoms with E-state index in [4.69, 9.17) is 9.05 Å². The number of benzene rings is 2. The zero-order valence-electron chi connectivity index (χ0n) is 17.3. The minimum atomic E-state index is -5.72. The van der Waals surface area contributed by atoms with Gasteiger partial charge < -0.3 is 0 Å². The number of alkyl halides is 6. The molecule has 0 heterocycles. The van der Waals surface area contributed by atoms with Crippen LogP contribution in [0.2, 0.25) is 0 Å². The van der Waals surface area contributed by atoms with E-state index in [2.05, 4.69) is 4.52 Å². The molecule has 188 valence electrons. The van der Waals surface area contributed by atoms with Crippen LogP contribution in [-0.4, -0.2) is 21.8 Å². The monoisotopic (exact) mass is 520 g/mol. The molecule has 0 aliphatic carbocycles. The van der Waals surface area contributed by atoms with E-state index >= 15 is 0 Å². The van der Waals surface area contributed by atoms with Gasteiger partial charge in [-0.25, -0.2) is 0 Å². The average Bonchev–Trinajstić information content (AvgIpc) is 2.68. The Labute approximate surface area is 186 Å². The fraction of sp³-hybridized carbons (Fsp3) is 0.294. The minimum absolute atomic E-state index is 0.233. The molecule has 0 amide bonds. The Morgan fingerprint density at radius 3 is 1.35 bits per heavy atom. The van der Waals surface area contributed by atoms with Gasteiger partial charge in [0.2, 0.25) is 0 Å². The van der Waals surface area contributed by atoms with Gasteiger partial charge in [0.25, 0.3) is 0 Å². The summed E-state index contributed by atoms with van der Waals surface area (Å²) < 4.78 is 95.0. The van der Waals surface area contributed by atoms with Gasteiger partial charge in [-0.05, 0) is 0 Å². The van der Waals surface area contributed by atoms with Crippen LogP contribution in [0, 0.1) is 34.1 Å². The number of rotatable bonds is 7. The van der Waals surface area contributed by atoms with Crippen molar-refractivity contribution in [3.05, 3.63) is 66.7 Å². The van der Waals surface area contributed by atoms with Crippen molar-refractivity contribution in [2.24, 2.45) is 0 Å². The van der Waals surface area contributed by atoms with Crippen LogP contribution >= 0.6 is 8.17 Å². The Morgan fingerprint density at radius 2 is 1.12 bits per heavy atom. The van der Waals surface area contributed by atoms with Crippen LogP contribution in [0.3, 0.4) is 0 Å². The van der Waals surface area contributed by atoms with Gasteiger partial charge in [-0.15, -0.1) is 0 Å². The van der Waals surface area contributed by atoms with Crippen molar-refractivity contribution in [3.63, 3.8) is 0 Å². The predicted octanol–water partition coefficient (Wildman–Crippen LogP) is 5.66. The molecule has 0 atom stereocenters. The van der Waals surface area contributed by atoms with E-state index in [1.165, 1.54) is 0 Å². The summed E-state index contributed by atoms with van der Waals surface area (Å²) in [6.07, 6.45) is -10.6. The predicted molar refractivity (Wildman–Crippen MR) is 104 cm³/mol. The topological polar surface area (TPSA) is 134 Å². The maximum atomic E-state index is 13.5. The van der Waals surface area contributed by atoms with E-state index in [0.29, 0.717) is 31.4 Å². The maximum absolute atomic E-state index is 13.5. The third-order valence-corrected chi connectivity index (χ3v) is 5.59. The van der Waals surface area contributed by atoms with E-state index in [9.17, 15) is 51.5 Å². The third kappa shape index (κ3) is 5.81. The van der Waals surface area contributed by atoms with Crippen molar-refractivity contribution < 1.29 is 54.7 Å². The molecule has 2 aromatic rings. The van der Waals surface area contributed by atoms with Gasteiger partial charge in [0.1, 0.15) is 0 Å². The molecule has 0 fully saturated rings. The summed E-state index contributed by atoms with van der Waals surface area (Å²) in [6.45, 7) is 2.18. The number of nitro benzene ring substituents is 2. The van der Waals surface area contributed by atoms with Crippen LogP contribution in [0.1, 0.15) is 22.3 Å². The van der Waals surface area contributed by atoms with Crippen LogP contribution in [0.4, 0.5) is 37.7 Å². The zero-order chi connectivity index (χ0) is 26.2. The fourth-order valence-electron chi connectivity index (χ4n) is 2.78. The van der Waals surface area contributed by atoms with Gasteiger partial charge in [0.05, 0.1) is 0 Å². The van der Waals surface area contributed by atoms with Crippen molar-refractivity contribution in [2.75, 3.05) is 7.11 Å². The third-order valence-electron chi connectivity index (χ3n) is 4.15. The Morgan fingerprint density at radius 1 is 0.794 bits per heavy atom. The van der Waals surface area contributed by atoms with Crippen LogP contribution < -0.4 is 9.05 Å². The molecule has 2 aromatic carbocycles. The summed E-state index contributed by atoms with van der Waals surface area (Å²) in [5.41, 5.74) is -6.62. The van der Waals surface area contributed by atoms with Crippen molar-refractivity contribution in [1.82, 2.24) is 0 Å². The molecular weight excluding hydrogens is 505 g/mol. The Balaban J connectivity index is 2.75. The molecule has 0 saturated heterocycles. The molecule has 1 N–H and O–H groups in total. The molecular formula is C17H15F6N2O8P. The zero-order valence-corrected chi connectivity index (χ0v) is 18.3. The van der Waals surface area contributed by atoms with Crippen molar-refractivity contribution in [2.45, 2.75) is 26.2 Å². The molecule has 0 aliphatic heterocycles. The van der Waals surface area contributed by atoms with E-state index in [1.54, 1.807) is 0 Å². The molecule has 10 nitrogen and oxygen atoms in total. The molecule has 17 heteroatoms. The van der Waals surface area contributed by atoms with Gasteiger partial charge in [0, 0.05) is 0 Å². The standard InChI is InChI=1S/C17H15F6N2O8P/c1-8-4-10(16(18,19)20)14(12(6-8)24(26)27)32-34(30,31-3)33-15-11(17(21,22)23)5-9(2)7-13(15)25(28)29/h4-7,30,34H,1-3H3. The van der Waals surface area contributed by atoms with Crippen LogP contribution in [-0.2, 0) is 16.9 Å². The summed E-state index contributed by atoms with van der Waals surface area (Å²) in [5.74, 6) is -3.22. The first-order valence-electron chi connectivity index (χ1n) is 8.77. The number of hydrogen-bond acceptors (Lipinski definition) is 8. The summed E-state index contributed by atoms with van der Waals surface area (Å²) in [4.78, 5) is 30.6. The molecule has 0 bridgehead atoms. The van der Waals surface area contributed by atoms with Crippen LogP contribution in [0.25, 0.3) is 0 Å². The second kappa shape index (κ2) is 9.19. The van der Waals surface area contributed by atoms with Gasteiger partial charge in [0.15, 0.2) is 0 Å². The SMILES string of the molecule is CO[PH](O)(Oc1c([N+](=O)[O-])cc(C)cc1C(F)(F)F)Oc1c([N+](=O)[O-])cc(C)cc1C(F)(F)F. The second-order valence-electron chi connectivity index (χ2n) is 6.76. The summed E-state index contributed by atoms with van der Waals surface area (Å²) >= 11 is 0. The van der Waals surface area contributed by atoms with E-state index in [1.807, 2.05) is 0 Å². The number of halogens is 6. The molecule has 2 rings (SSSR count). The molecule has 0 spiro atoms. The molecule has 0 unspecified atom stereocenters. The van der Waals surface area contributed by atoms with Crippen molar-refractivity contribution in [3.8, 4) is 11.5 Å². The Kier molecular flexibility index (Phi) is 7.31. The Hall–Kier alpha value is -3.23. The van der Waals surface area contributed by atoms with Crippen molar-refractivity contribution >= 4 is 19.5 Å². The first-order chi connectivity index (χ1) is 15.4. The second-order valence-corrected chi connectivity index (χ2v) is 8.63. The summed E-state index contributed by atoms with van der Waals surface area (Å²) in [6, 6.07) is 2.12. The molecule has 0 saturated carbocycles. The van der Waals surface area contributed by atoms with E-state index in [0.717, 1.165) is 13.8 Å². The molecule has 0 aromatic heterocycles. The number of nitrogens with zero attached hydrogens (tertiary/aromatic N) is 2. The summed E-state index contributed by atoms with van der Waals surface area (Å²) in [5, 5.41) is 22.6. The molecule has 0 radical (unpaired) electrons. The van der Waals surface area contributed by atoms with E-state index < -0.39 is 64.4 Å². The first kappa shape index (κ1) is 27.0. The molecule has 34 heavy (non-hydrogen) atoms. The molecule has 0 aliphatic rings. The van der Waals surface area contributed by atoms with Crippen molar-refractivity contribution in [1.29, 1.82) is 0 Å². The quantitative estimate of drug-likeness (QED) is 0.214. The normalized spacial score (nSPS) is 12.9. The van der Waals surface area contributed by atoms with Gasteiger partial charge >= 0.3 is 186 Å². The first-order valence-corrected chi connectivity index (χ1v) is 10.4. The average molecular weight is 520 g/mol. The fourth-order valence-corrected chi connectivity index (χ4v) is 3.93.